The number of phenolic OH excluding ortho intramolecular Hbond substituents is 1. The van der Waals surface area contributed by atoms with Gasteiger partial charge in [-0.2, -0.15) is 0 Å². The molecule has 0 amide bonds. The van der Waals surface area contributed by atoms with Gasteiger partial charge in [-0.1, -0.05) is 6.07 Å². The fourth-order valence-corrected chi connectivity index (χ4v) is 2.22. The van der Waals surface area contributed by atoms with E-state index in [2.05, 4.69) is 5.32 Å². The number of ether oxygens (including phenoxy) is 1. The molecular formula is C12H17NO2. The molecule has 82 valence electrons. The highest BCUT2D eigenvalue weighted by Gasteiger charge is 2.22. The molecule has 0 aliphatic carbocycles. The summed E-state index contributed by atoms with van der Waals surface area (Å²) in [5.41, 5.74) is 2.11. The fourth-order valence-electron chi connectivity index (χ4n) is 2.22. The van der Waals surface area contributed by atoms with Gasteiger partial charge in [0.1, 0.15) is 0 Å². The van der Waals surface area contributed by atoms with Crippen molar-refractivity contribution in [3.05, 3.63) is 23.3 Å². The van der Waals surface area contributed by atoms with Gasteiger partial charge in [0.25, 0.3) is 0 Å². The van der Waals surface area contributed by atoms with E-state index in [4.69, 9.17) is 4.74 Å². The molecule has 0 aromatic heterocycles. The summed E-state index contributed by atoms with van der Waals surface area (Å²) in [4.78, 5) is 0. The number of nitrogens with one attached hydrogen (secondary N) is 1. The van der Waals surface area contributed by atoms with E-state index in [1.54, 1.807) is 7.11 Å². The van der Waals surface area contributed by atoms with E-state index < -0.39 is 0 Å². The molecular weight excluding hydrogens is 190 g/mol. The van der Waals surface area contributed by atoms with Crippen molar-refractivity contribution in [2.75, 3.05) is 13.7 Å². The number of methoxy groups -OCH3 is 1. The maximum Gasteiger partial charge on any atom is 0.162 e. The maximum atomic E-state index is 10.1. The van der Waals surface area contributed by atoms with Crippen LogP contribution in [0.4, 0.5) is 0 Å². The SMILES string of the molecule is COc1ccc(C)c(C2CCCN2)c1O. The third kappa shape index (κ3) is 1.79. The zero-order chi connectivity index (χ0) is 10.8. The standard InChI is InChI=1S/C12H17NO2/c1-8-5-6-10(15-2)12(14)11(8)9-4-3-7-13-9/h5-6,9,13-14H,3-4,7H2,1-2H3. The van der Waals surface area contributed by atoms with E-state index in [1.807, 2.05) is 19.1 Å². The average molecular weight is 207 g/mol. The topological polar surface area (TPSA) is 41.5 Å². The molecule has 0 bridgehead atoms. The number of benzene rings is 1. The number of aryl methyl sites for hydroxylation is 1. The van der Waals surface area contributed by atoms with Crippen LogP contribution in [0.2, 0.25) is 0 Å². The average Bonchev–Trinajstić information content (AvgIpc) is 2.71. The van der Waals surface area contributed by atoms with E-state index in [0.29, 0.717) is 5.75 Å². The van der Waals surface area contributed by atoms with Crippen LogP contribution in [0.3, 0.4) is 0 Å². The number of rotatable bonds is 2. The van der Waals surface area contributed by atoms with Crippen molar-refractivity contribution in [1.82, 2.24) is 5.32 Å². The molecule has 1 atom stereocenters. The van der Waals surface area contributed by atoms with Gasteiger partial charge >= 0.3 is 0 Å². The molecule has 15 heavy (non-hydrogen) atoms. The maximum absolute atomic E-state index is 10.1. The molecule has 1 aliphatic heterocycles. The number of phenols is 1. The minimum absolute atomic E-state index is 0.278. The first-order valence-corrected chi connectivity index (χ1v) is 5.34. The van der Waals surface area contributed by atoms with E-state index >= 15 is 0 Å². The van der Waals surface area contributed by atoms with Gasteiger partial charge in [-0.15, -0.1) is 0 Å². The van der Waals surface area contributed by atoms with Crippen molar-refractivity contribution < 1.29 is 9.84 Å². The Balaban J connectivity index is 2.43. The Bertz CT molecular complexity index is 357. The van der Waals surface area contributed by atoms with Crippen LogP contribution in [0.15, 0.2) is 12.1 Å². The van der Waals surface area contributed by atoms with E-state index in [9.17, 15) is 5.11 Å². The van der Waals surface area contributed by atoms with Crippen LogP contribution in [0.1, 0.15) is 30.0 Å². The lowest BCUT2D eigenvalue weighted by atomic mass is 9.98. The zero-order valence-corrected chi connectivity index (χ0v) is 9.21. The number of aromatic hydroxyl groups is 1. The van der Waals surface area contributed by atoms with Gasteiger partial charge < -0.3 is 15.2 Å². The molecule has 1 unspecified atom stereocenters. The van der Waals surface area contributed by atoms with Crippen molar-refractivity contribution in [3.8, 4) is 11.5 Å². The first-order chi connectivity index (χ1) is 7.24. The quantitative estimate of drug-likeness (QED) is 0.780. The van der Waals surface area contributed by atoms with Gasteiger partial charge in [-0.05, 0) is 37.9 Å². The van der Waals surface area contributed by atoms with Crippen LogP contribution in [-0.4, -0.2) is 18.8 Å². The smallest absolute Gasteiger partial charge is 0.162 e. The van der Waals surface area contributed by atoms with Gasteiger partial charge in [0, 0.05) is 11.6 Å². The summed E-state index contributed by atoms with van der Waals surface area (Å²) in [6.07, 6.45) is 2.25. The van der Waals surface area contributed by atoms with Gasteiger partial charge in [-0.25, -0.2) is 0 Å². The monoisotopic (exact) mass is 207 g/mol. The second-order valence-electron chi connectivity index (χ2n) is 4.00. The lowest BCUT2D eigenvalue weighted by molar-refractivity contribution is 0.367. The summed E-state index contributed by atoms with van der Waals surface area (Å²) in [5.74, 6) is 0.848. The predicted molar refractivity (Wildman–Crippen MR) is 59.4 cm³/mol. The summed E-state index contributed by atoms with van der Waals surface area (Å²) >= 11 is 0. The van der Waals surface area contributed by atoms with Crippen LogP contribution in [-0.2, 0) is 0 Å². The highest BCUT2D eigenvalue weighted by molar-refractivity contribution is 5.51. The molecule has 1 heterocycles. The second kappa shape index (κ2) is 4.11. The van der Waals surface area contributed by atoms with Crippen LogP contribution < -0.4 is 10.1 Å². The Morgan fingerprint density at radius 1 is 1.47 bits per heavy atom. The first kappa shape index (κ1) is 10.3. The van der Waals surface area contributed by atoms with Gasteiger partial charge in [0.05, 0.1) is 7.11 Å². The van der Waals surface area contributed by atoms with E-state index in [1.165, 1.54) is 6.42 Å². The predicted octanol–water partition coefficient (Wildman–Crippen LogP) is 2.13. The van der Waals surface area contributed by atoms with Gasteiger partial charge in [0.2, 0.25) is 0 Å². The van der Waals surface area contributed by atoms with Crippen molar-refractivity contribution in [2.24, 2.45) is 0 Å². The van der Waals surface area contributed by atoms with Crippen LogP contribution in [0.25, 0.3) is 0 Å². The normalized spacial score (nSPS) is 20.5. The number of hydrogen-bond acceptors (Lipinski definition) is 3. The largest absolute Gasteiger partial charge is 0.504 e. The minimum Gasteiger partial charge on any atom is -0.504 e. The van der Waals surface area contributed by atoms with Crippen molar-refractivity contribution >= 4 is 0 Å². The van der Waals surface area contributed by atoms with Gasteiger partial charge in [0.15, 0.2) is 11.5 Å². The van der Waals surface area contributed by atoms with E-state index in [-0.39, 0.29) is 11.8 Å². The minimum atomic E-state index is 0.278. The zero-order valence-electron chi connectivity index (χ0n) is 9.21. The van der Waals surface area contributed by atoms with Crippen molar-refractivity contribution in [2.45, 2.75) is 25.8 Å². The van der Waals surface area contributed by atoms with Crippen LogP contribution >= 0.6 is 0 Å². The lowest BCUT2D eigenvalue weighted by Crippen LogP contribution is -2.14. The van der Waals surface area contributed by atoms with Crippen LogP contribution in [0, 0.1) is 6.92 Å². The molecule has 3 nitrogen and oxygen atoms in total. The molecule has 0 saturated carbocycles. The number of hydrogen-bond donors (Lipinski definition) is 2. The molecule has 2 N–H and O–H groups in total. The fraction of sp³-hybridized carbons (Fsp3) is 0.500. The lowest BCUT2D eigenvalue weighted by Gasteiger charge is -2.17. The van der Waals surface area contributed by atoms with Crippen molar-refractivity contribution in [3.63, 3.8) is 0 Å². The second-order valence-corrected chi connectivity index (χ2v) is 4.00. The molecule has 1 saturated heterocycles. The molecule has 1 aromatic rings. The summed E-state index contributed by atoms with van der Waals surface area (Å²) in [6, 6.07) is 4.08. The molecule has 1 fully saturated rings. The highest BCUT2D eigenvalue weighted by atomic mass is 16.5. The first-order valence-electron chi connectivity index (χ1n) is 5.34. The molecule has 0 spiro atoms. The molecule has 1 aliphatic rings. The summed E-state index contributed by atoms with van der Waals surface area (Å²) < 4.78 is 5.12. The molecule has 0 radical (unpaired) electrons. The van der Waals surface area contributed by atoms with Crippen LogP contribution in [0.5, 0.6) is 11.5 Å². The summed E-state index contributed by atoms with van der Waals surface area (Å²) in [6.45, 7) is 3.05. The Labute approximate surface area is 90.1 Å². The highest BCUT2D eigenvalue weighted by Crippen LogP contribution is 2.38. The Morgan fingerprint density at radius 2 is 2.27 bits per heavy atom. The molecule has 1 aromatic carbocycles. The Morgan fingerprint density at radius 3 is 2.87 bits per heavy atom. The third-order valence-electron chi connectivity index (χ3n) is 3.03. The molecule has 2 rings (SSSR count). The molecule has 3 heteroatoms. The third-order valence-corrected chi connectivity index (χ3v) is 3.03. The van der Waals surface area contributed by atoms with Crippen molar-refractivity contribution in [1.29, 1.82) is 0 Å². The summed E-state index contributed by atoms with van der Waals surface area (Å²) in [5, 5.41) is 13.5. The Hall–Kier alpha value is -1.22. The van der Waals surface area contributed by atoms with Gasteiger partial charge in [-0.3, -0.25) is 0 Å². The Kier molecular flexibility index (Phi) is 2.82. The summed E-state index contributed by atoms with van der Waals surface area (Å²) in [7, 11) is 1.58. The van der Waals surface area contributed by atoms with E-state index in [0.717, 1.165) is 24.1 Å².